The monoisotopic (exact) mass is 286 g/mol. The molecule has 1 unspecified atom stereocenters. The quantitative estimate of drug-likeness (QED) is 0.942. The summed E-state index contributed by atoms with van der Waals surface area (Å²) in [6, 6.07) is 4.02. The van der Waals surface area contributed by atoms with E-state index in [4.69, 9.17) is 0 Å². The van der Waals surface area contributed by atoms with Gasteiger partial charge in [-0.2, -0.15) is 5.10 Å². The number of thiophene rings is 1. The summed E-state index contributed by atoms with van der Waals surface area (Å²) in [7, 11) is 1.85. The van der Waals surface area contributed by atoms with Crippen LogP contribution in [0.15, 0.2) is 28.3 Å². The van der Waals surface area contributed by atoms with Crippen molar-refractivity contribution in [1.82, 2.24) is 9.78 Å². The first-order chi connectivity index (χ1) is 7.15. The fraction of sp³-hybridized carbons (Fsp3) is 0.300. The zero-order chi connectivity index (χ0) is 10.8. The van der Waals surface area contributed by atoms with Crippen LogP contribution >= 0.6 is 27.3 Å². The number of aromatic nitrogens is 2. The average Bonchev–Trinajstić information content (AvgIpc) is 2.75. The highest BCUT2D eigenvalue weighted by Crippen LogP contribution is 2.26. The molecule has 15 heavy (non-hydrogen) atoms. The van der Waals surface area contributed by atoms with Gasteiger partial charge >= 0.3 is 0 Å². The van der Waals surface area contributed by atoms with E-state index in [1.54, 1.807) is 22.2 Å². The smallest absolute Gasteiger partial charge is 0.0868 e. The van der Waals surface area contributed by atoms with E-state index in [0.29, 0.717) is 6.42 Å². The Morgan fingerprint density at radius 1 is 1.60 bits per heavy atom. The van der Waals surface area contributed by atoms with Crippen molar-refractivity contribution < 1.29 is 5.11 Å². The lowest BCUT2D eigenvalue weighted by atomic mass is 10.1. The van der Waals surface area contributed by atoms with Crippen LogP contribution in [0.2, 0.25) is 0 Å². The molecule has 0 spiro atoms. The number of halogens is 1. The summed E-state index contributed by atoms with van der Waals surface area (Å²) in [4.78, 5) is 1.17. The molecule has 0 aliphatic heterocycles. The van der Waals surface area contributed by atoms with Crippen molar-refractivity contribution in [3.63, 3.8) is 0 Å². The van der Waals surface area contributed by atoms with Gasteiger partial charge in [0.2, 0.25) is 0 Å². The number of aryl methyl sites for hydroxylation is 1. The molecule has 0 fully saturated rings. The number of aliphatic hydroxyl groups excluding tert-OH is 1. The van der Waals surface area contributed by atoms with E-state index in [1.807, 2.05) is 25.4 Å². The summed E-state index contributed by atoms with van der Waals surface area (Å²) in [6.07, 6.45) is 3.71. The summed E-state index contributed by atoms with van der Waals surface area (Å²) in [5, 5.41) is 14.0. The van der Waals surface area contributed by atoms with Crippen LogP contribution in [-0.4, -0.2) is 14.9 Å². The van der Waals surface area contributed by atoms with E-state index >= 15 is 0 Å². The minimum Gasteiger partial charge on any atom is -0.388 e. The van der Waals surface area contributed by atoms with Crippen molar-refractivity contribution in [1.29, 1.82) is 0 Å². The second kappa shape index (κ2) is 4.47. The topological polar surface area (TPSA) is 38.0 Å². The first-order valence-electron chi connectivity index (χ1n) is 4.56. The van der Waals surface area contributed by atoms with Crippen molar-refractivity contribution in [3.05, 3.63) is 38.8 Å². The second-order valence-electron chi connectivity index (χ2n) is 3.37. The number of rotatable bonds is 3. The predicted octanol–water partition coefficient (Wildman–Crippen LogP) is 2.52. The van der Waals surface area contributed by atoms with E-state index in [2.05, 4.69) is 21.0 Å². The standard InChI is InChI=1S/C10H11BrN2OS/c1-13-6-7(5-12-13)9(14)4-8-2-3-10(11)15-8/h2-3,5-6,9,14H,4H2,1H3. The minimum absolute atomic E-state index is 0.468. The van der Waals surface area contributed by atoms with Crippen LogP contribution in [0, 0.1) is 0 Å². The highest BCUT2D eigenvalue weighted by atomic mass is 79.9. The van der Waals surface area contributed by atoms with Crippen molar-refractivity contribution in [2.75, 3.05) is 0 Å². The van der Waals surface area contributed by atoms with E-state index in [-0.39, 0.29) is 0 Å². The summed E-state index contributed by atoms with van der Waals surface area (Å²) < 4.78 is 2.79. The lowest BCUT2D eigenvalue weighted by Crippen LogP contribution is -1.98. The van der Waals surface area contributed by atoms with Gasteiger partial charge < -0.3 is 5.11 Å². The molecule has 0 saturated heterocycles. The molecule has 1 atom stereocenters. The van der Waals surface area contributed by atoms with Crippen molar-refractivity contribution in [3.8, 4) is 0 Å². The lowest BCUT2D eigenvalue weighted by molar-refractivity contribution is 0.179. The van der Waals surface area contributed by atoms with Gasteiger partial charge in [0.25, 0.3) is 0 Å². The first kappa shape index (κ1) is 10.9. The molecule has 0 radical (unpaired) electrons. The van der Waals surface area contributed by atoms with Gasteiger partial charge in [-0.05, 0) is 28.1 Å². The van der Waals surface area contributed by atoms with E-state index < -0.39 is 6.10 Å². The van der Waals surface area contributed by atoms with Gasteiger partial charge in [0.1, 0.15) is 0 Å². The second-order valence-corrected chi connectivity index (χ2v) is 5.92. The normalized spacial score (nSPS) is 13.0. The molecule has 5 heteroatoms. The van der Waals surface area contributed by atoms with Crippen LogP contribution in [0.3, 0.4) is 0 Å². The van der Waals surface area contributed by atoms with Crippen molar-refractivity contribution >= 4 is 27.3 Å². The van der Waals surface area contributed by atoms with Crippen LogP contribution in [0.5, 0.6) is 0 Å². The van der Waals surface area contributed by atoms with E-state index in [0.717, 1.165) is 9.35 Å². The molecule has 0 aliphatic carbocycles. The summed E-state index contributed by atoms with van der Waals surface area (Å²) >= 11 is 5.05. The highest BCUT2D eigenvalue weighted by molar-refractivity contribution is 9.11. The number of nitrogens with zero attached hydrogens (tertiary/aromatic N) is 2. The third kappa shape index (κ3) is 2.68. The molecular formula is C10H11BrN2OS. The maximum atomic E-state index is 9.93. The Hall–Kier alpha value is -0.650. The molecule has 0 saturated carbocycles. The maximum Gasteiger partial charge on any atom is 0.0868 e. The molecular weight excluding hydrogens is 276 g/mol. The lowest BCUT2D eigenvalue weighted by Gasteiger charge is -2.05. The van der Waals surface area contributed by atoms with Gasteiger partial charge in [0.15, 0.2) is 0 Å². The fourth-order valence-electron chi connectivity index (χ4n) is 1.38. The van der Waals surface area contributed by atoms with Crippen LogP contribution < -0.4 is 0 Å². The summed E-state index contributed by atoms with van der Waals surface area (Å²) in [6.45, 7) is 0. The van der Waals surface area contributed by atoms with Crippen LogP contribution in [-0.2, 0) is 13.5 Å². The van der Waals surface area contributed by atoms with E-state index in [1.165, 1.54) is 4.88 Å². The molecule has 2 rings (SSSR count). The third-order valence-corrected chi connectivity index (χ3v) is 3.78. The van der Waals surface area contributed by atoms with Gasteiger partial charge in [-0.1, -0.05) is 0 Å². The van der Waals surface area contributed by atoms with Crippen LogP contribution in [0.1, 0.15) is 16.5 Å². The molecule has 2 aromatic rings. The van der Waals surface area contributed by atoms with Gasteiger partial charge in [-0.25, -0.2) is 0 Å². The van der Waals surface area contributed by atoms with Gasteiger partial charge in [0, 0.05) is 30.1 Å². The van der Waals surface area contributed by atoms with Crippen LogP contribution in [0.25, 0.3) is 0 Å². The Morgan fingerprint density at radius 3 is 2.93 bits per heavy atom. The van der Waals surface area contributed by atoms with Gasteiger partial charge in [-0.3, -0.25) is 4.68 Å². The largest absolute Gasteiger partial charge is 0.388 e. The average molecular weight is 287 g/mol. The maximum absolute atomic E-state index is 9.93. The van der Waals surface area contributed by atoms with Crippen LogP contribution in [0.4, 0.5) is 0 Å². The van der Waals surface area contributed by atoms with Crippen molar-refractivity contribution in [2.45, 2.75) is 12.5 Å². The SMILES string of the molecule is Cn1cc(C(O)Cc2ccc(Br)s2)cn1. The highest BCUT2D eigenvalue weighted by Gasteiger charge is 2.11. The Bertz CT molecular complexity index is 452. The van der Waals surface area contributed by atoms with Gasteiger partial charge in [0.05, 0.1) is 16.1 Å². The number of aliphatic hydroxyl groups is 1. The fourth-order valence-corrected chi connectivity index (χ4v) is 2.90. The van der Waals surface area contributed by atoms with Gasteiger partial charge in [-0.15, -0.1) is 11.3 Å². The Labute approximate surface area is 100 Å². The zero-order valence-corrected chi connectivity index (χ0v) is 10.6. The molecule has 80 valence electrons. The molecule has 0 amide bonds. The minimum atomic E-state index is -0.468. The molecule has 2 heterocycles. The zero-order valence-electron chi connectivity index (χ0n) is 8.22. The molecule has 3 nitrogen and oxygen atoms in total. The summed E-state index contributed by atoms with van der Waals surface area (Å²) in [5.74, 6) is 0. The molecule has 2 aromatic heterocycles. The third-order valence-electron chi connectivity index (χ3n) is 2.13. The predicted molar refractivity (Wildman–Crippen MR) is 63.9 cm³/mol. The van der Waals surface area contributed by atoms with Crippen molar-refractivity contribution in [2.24, 2.45) is 7.05 Å². The van der Waals surface area contributed by atoms with E-state index in [9.17, 15) is 5.11 Å². The molecule has 0 aromatic carbocycles. The summed E-state index contributed by atoms with van der Waals surface area (Å²) in [5.41, 5.74) is 0.863. The Balaban J connectivity index is 2.06. The number of hydrogen-bond donors (Lipinski definition) is 1. The number of hydrogen-bond acceptors (Lipinski definition) is 3. The molecule has 0 bridgehead atoms. The molecule has 0 aliphatic rings. The first-order valence-corrected chi connectivity index (χ1v) is 6.17. The Morgan fingerprint density at radius 2 is 2.40 bits per heavy atom. The molecule has 1 N–H and O–H groups in total. The Kier molecular flexibility index (Phi) is 3.23.